The fourth-order valence-electron chi connectivity index (χ4n) is 3.24. The highest BCUT2D eigenvalue weighted by molar-refractivity contribution is 6.02. The van der Waals surface area contributed by atoms with Crippen molar-refractivity contribution >= 4 is 17.6 Å². The number of halogens is 1. The largest absolute Gasteiger partial charge is 0.465 e. The number of carbonyl (C=O) groups excluding carboxylic acids is 2. The zero-order valence-corrected chi connectivity index (χ0v) is 11.7. The van der Waals surface area contributed by atoms with E-state index in [-0.39, 0.29) is 29.1 Å². The molecule has 2 aliphatic rings. The molecule has 1 aromatic rings. The van der Waals surface area contributed by atoms with Gasteiger partial charge in [0.05, 0.1) is 24.3 Å². The number of fused-ring (bicyclic) bond motifs is 2. The Balaban J connectivity index is 1.78. The van der Waals surface area contributed by atoms with Crippen LogP contribution in [0.5, 0.6) is 0 Å². The second-order valence-electron chi connectivity index (χ2n) is 5.56. The molecule has 1 amide bonds. The molecule has 3 unspecified atom stereocenters. The highest BCUT2D eigenvalue weighted by Gasteiger charge is 2.42. The molecule has 1 aromatic carbocycles. The second-order valence-corrected chi connectivity index (χ2v) is 5.56. The van der Waals surface area contributed by atoms with Crippen molar-refractivity contribution in [2.24, 2.45) is 5.92 Å². The highest BCUT2D eigenvalue weighted by Crippen LogP contribution is 2.34. The molecule has 2 N–H and O–H groups in total. The van der Waals surface area contributed by atoms with E-state index in [9.17, 15) is 14.0 Å². The Morgan fingerprint density at radius 1 is 1.38 bits per heavy atom. The van der Waals surface area contributed by atoms with Crippen LogP contribution in [0.25, 0.3) is 0 Å². The third-order valence-electron chi connectivity index (χ3n) is 4.28. The Morgan fingerprint density at radius 2 is 2.19 bits per heavy atom. The molecule has 0 saturated carbocycles. The van der Waals surface area contributed by atoms with Gasteiger partial charge in [0.1, 0.15) is 5.82 Å². The zero-order chi connectivity index (χ0) is 15.0. The van der Waals surface area contributed by atoms with Gasteiger partial charge in [-0.3, -0.25) is 4.79 Å². The lowest BCUT2D eigenvalue weighted by Crippen LogP contribution is -2.33. The molecule has 5 nitrogen and oxygen atoms in total. The van der Waals surface area contributed by atoms with Crippen LogP contribution in [0.3, 0.4) is 0 Å². The average Bonchev–Trinajstić information content (AvgIpc) is 3.11. The summed E-state index contributed by atoms with van der Waals surface area (Å²) < 4.78 is 17.9. The Morgan fingerprint density at radius 3 is 2.81 bits per heavy atom. The van der Waals surface area contributed by atoms with Crippen molar-refractivity contribution < 1.29 is 18.7 Å². The molecule has 2 heterocycles. The summed E-state index contributed by atoms with van der Waals surface area (Å²) >= 11 is 0. The number of methoxy groups -OCH3 is 1. The first kappa shape index (κ1) is 14.0. The van der Waals surface area contributed by atoms with Gasteiger partial charge >= 0.3 is 5.97 Å². The van der Waals surface area contributed by atoms with Crippen LogP contribution in [-0.4, -0.2) is 31.1 Å². The van der Waals surface area contributed by atoms with Crippen molar-refractivity contribution in [3.05, 3.63) is 29.6 Å². The Hall–Kier alpha value is -1.95. The Kier molecular flexibility index (Phi) is 3.63. The number of ether oxygens (including phenoxy) is 1. The van der Waals surface area contributed by atoms with Crippen molar-refractivity contribution in [1.82, 2.24) is 5.32 Å². The van der Waals surface area contributed by atoms with E-state index in [2.05, 4.69) is 15.4 Å². The molecular formula is C15H17FN2O3. The molecule has 0 aromatic heterocycles. The van der Waals surface area contributed by atoms with Crippen LogP contribution in [0.2, 0.25) is 0 Å². The van der Waals surface area contributed by atoms with Crippen molar-refractivity contribution in [3.8, 4) is 0 Å². The van der Waals surface area contributed by atoms with Crippen LogP contribution in [0.1, 0.15) is 29.6 Å². The first-order chi connectivity index (χ1) is 10.1. The van der Waals surface area contributed by atoms with Gasteiger partial charge in [0.15, 0.2) is 0 Å². The van der Waals surface area contributed by atoms with E-state index in [1.807, 2.05) is 0 Å². The summed E-state index contributed by atoms with van der Waals surface area (Å²) in [4.78, 5) is 24.0. The normalized spacial score (nSPS) is 26.7. The summed E-state index contributed by atoms with van der Waals surface area (Å²) in [5.41, 5.74) is 0.318. The number of anilines is 1. The summed E-state index contributed by atoms with van der Waals surface area (Å²) in [6, 6.07) is 4.29. The molecule has 6 heteroatoms. The molecule has 2 aliphatic heterocycles. The lowest BCUT2D eigenvalue weighted by molar-refractivity contribution is -0.120. The van der Waals surface area contributed by atoms with Crippen molar-refractivity contribution in [2.75, 3.05) is 12.4 Å². The fourth-order valence-corrected chi connectivity index (χ4v) is 3.24. The van der Waals surface area contributed by atoms with Crippen LogP contribution in [-0.2, 0) is 9.53 Å². The van der Waals surface area contributed by atoms with Gasteiger partial charge in [0.25, 0.3) is 0 Å². The first-order valence-electron chi connectivity index (χ1n) is 7.03. The maximum Gasteiger partial charge on any atom is 0.340 e. The zero-order valence-electron chi connectivity index (χ0n) is 11.7. The highest BCUT2D eigenvalue weighted by atomic mass is 19.1. The Labute approximate surface area is 121 Å². The number of nitrogens with one attached hydrogen (secondary N) is 2. The Bertz CT molecular complexity index is 590. The number of esters is 1. The topological polar surface area (TPSA) is 67.4 Å². The monoisotopic (exact) mass is 292 g/mol. The molecule has 0 aliphatic carbocycles. The molecule has 0 radical (unpaired) electrons. The minimum absolute atomic E-state index is 0.0296. The summed E-state index contributed by atoms with van der Waals surface area (Å²) in [5, 5.41) is 6.12. The van der Waals surface area contributed by atoms with Crippen LogP contribution in [0.4, 0.5) is 10.1 Å². The quantitative estimate of drug-likeness (QED) is 0.832. The maximum absolute atomic E-state index is 13.3. The van der Waals surface area contributed by atoms with Crippen LogP contribution >= 0.6 is 0 Å². The van der Waals surface area contributed by atoms with E-state index in [0.717, 1.165) is 25.3 Å². The summed E-state index contributed by atoms with van der Waals surface area (Å²) in [5.74, 6) is -1.45. The van der Waals surface area contributed by atoms with Crippen LogP contribution in [0.15, 0.2) is 18.2 Å². The van der Waals surface area contributed by atoms with Gasteiger partial charge < -0.3 is 15.4 Å². The minimum Gasteiger partial charge on any atom is -0.465 e. The fraction of sp³-hybridized carbons (Fsp3) is 0.467. The van der Waals surface area contributed by atoms with E-state index in [0.29, 0.717) is 6.04 Å². The number of benzene rings is 1. The van der Waals surface area contributed by atoms with Gasteiger partial charge in [-0.25, -0.2) is 9.18 Å². The first-order valence-corrected chi connectivity index (χ1v) is 7.03. The van der Waals surface area contributed by atoms with E-state index in [4.69, 9.17) is 0 Å². The lowest BCUT2D eigenvalue weighted by atomic mass is 9.88. The van der Waals surface area contributed by atoms with E-state index in [1.54, 1.807) is 0 Å². The van der Waals surface area contributed by atoms with E-state index in [1.165, 1.54) is 19.2 Å². The summed E-state index contributed by atoms with van der Waals surface area (Å²) in [6.45, 7) is 0. The molecule has 2 saturated heterocycles. The van der Waals surface area contributed by atoms with Gasteiger partial charge in [-0.1, -0.05) is 0 Å². The van der Waals surface area contributed by atoms with Gasteiger partial charge in [0, 0.05) is 12.1 Å². The molecule has 21 heavy (non-hydrogen) atoms. The number of hydrogen-bond acceptors (Lipinski definition) is 4. The number of carbonyl (C=O) groups is 2. The standard InChI is InChI=1S/C15H17FN2O3/c1-21-15(20)11-6-8(16)2-4-13(11)18-14(19)10-7-9-3-5-12(10)17-9/h2,4,6,9-10,12,17H,3,5,7H2,1H3,(H,18,19). The minimum atomic E-state index is -0.670. The van der Waals surface area contributed by atoms with Gasteiger partial charge in [0.2, 0.25) is 5.91 Å². The van der Waals surface area contributed by atoms with E-state index >= 15 is 0 Å². The molecular weight excluding hydrogens is 275 g/mol. The number of rotatable bonds is 3. The van der Waals surface area contributed by atoms with Crippen molar-refractivity contribution in [3.63, 3.8) is 0 Å². The number of hydrogen-bond donors (Lipinski definition) is 2. The predicted octanol–water partition coefficient (Wildman–Crippen LogP) is 1.69. The SMILES string of the molecule is COC(=O)c1cc(F)ccc1NC(=O)C1CC2CCC1N2. The smallest absolute Gasteiger partial charge is 0.340 e. The molecule has 2 fully saturated rings. The van der Waals surface area contributed by atoms with Gasteiger partial charge in [-0.05, 0) is 37.5 Å². The van der Waals surface area contributed by atoms with E-state index < -0.39 is 11.8 Å². The lowest BCUT2D eigenvalue weighted by Gasteiger charge is -2.20. The van der Waals surface area contributed by atoms with Crippen LogP contribution < -0.4 is 10.6 Å². The summed E-state index contributed by atoms with van der Waals surface area (Å²) in [7, 11) is 1.22. The summed E-state index contributed by atoms with van der Waals surface area (Å²) in [6.07, 6.45) is 2.92. The van der Waals surface area contributed by atoms with Gasteiger partial charge in [-0.15, -0.1) is 0 Å². The maximum atomic E-state index is 13.3. The molecule has 3 rings (SSSR count). The third kappa shape index (κ3) is 2.63. The van der Waals surface area contributed by atoms with Gasteiger partial charge in [-0.2, -0.15) is 0 Å². The average molecular weight is 292 g/mol. The molecule has 0 spiro atoms. The van der Waals surface area contributed by atoms with Crippen molar-refractivity contribution in [2.45, 2.75) is 31.3 Å². The van der Waals surface area contributed by atoms with Crippen LogP contribution in [0, 0.1) is 11.7 Å². The van der Waals surface area contributed by atoms with Crippen molar-refractivity contribution in [1.29, 1.82) is 0 Å². The molecule has 2 bridgehead atoms. The second kappa shape index (κ2) is 5.44. The predicted molar refractivity (Wildman–Crippen MR) is 74.4 cm³/mol. The molecule has 3 atom stereocenters. The molecule has 112 valence electrons. The number of amides is 1. The third-order valence-corrected chi connectivity index (χ3v) is 4.28.